The number of aryl methyl sites for hydroxylation is 3. The van der Waals surface area contributed by atoms with Crippen molar-refractivity contribution in [3.63, 3.8) is 0 Å². The summed E-state index contributed by atoms with van der Waals surface area (Å²) in [4.78, 5) is 9.13. The van der Waals surface area contributed by atoms with Gasteiger partial charge in [-0.15, -0.1) is 0 Å². The molecular formula is C18H19N3O2. The van der Waals surface area contributed by atoms with Gasteiger partial charge < -0.3 is 9.84 Å². The Morgan fingerprint density at radius 1 is 0.870 bits per heavy atom. The van der Waals surface area contributed by atoms with Crippen LogP contribution in [0.1, 0.15) is 17.1 Å². The molecule has 3 aromatic rings. The Hall–Kier alpha value is -2.82. The van der Waals surface area contributed by atoms with Crippen molar-refractivity contribution in [2.45, 2.75) is 20.8 Å². The highest BCUT2D eigenvalue weighted by atomic mass is 16.5. The van der Waals surface area contributed by atoms with E-state index in [-0.39, 0.29) is 5.88 Å². The summed E-state index contributed by atoms with van der Waals surface area (Å²) in [6.45, 7) is 5.74. The maximum Gasteiger partial charge on any atom is 0.197 e. The summed E-state index contributed by atoms with van der Waals surface area (Å²) in [6.07, 6.45) is 0. The summed E-state index contributed by atoms with van der Waals surface area (Å²) in [6, 6.07) is 11.2. The van der Waals surface area contributed by atoms with E-state index in [1.165, 1.54) is 0 Å². The van der Waals surface area contributed by atoms with Gasteiger partial charge in [-0.25, -0.2) is 4.98 Å². The van der Waals surface area contributed by atoms with Crippen LogP contribution in [0.15, 0.2) is 36.4 Å². The minimum absolute atomic E-state index is 0.136. The normalized spacial score (nSPS) is 10.8. The first kappa shape index (κ1) is 15.1. The molecule has 0 unspecified atom stereocenters. The van der Waals surface area contributed by atoms with Gasteiger partial charge in [0.15, 0.2) is 11.7 Å². The zero-order chi connectivity index (χ0) is 16.6. The summed E-state index contributed by atoms with van der Waals surface area (Å²) >= 11 is 0. The van der Waals surface area contributed by atoms with Crippen molar-refractivity contribution in [3.8, 4) is 28.7 Å². The van der Waals surface area contributed by atoms with Crippen molar-refractivity contribution in [3.05, 3.63) is 53.5 Å². The second-order valence-corrected chi connectivity index (χ2v) is 5.44. The molecule has 23 heavy (non-hydrogen) atoms. The molecule has 118 valence electrons. The molecule has 0 bridgehead atoms. The van der Waals surface area contributed by atoms with Gasteiger partial charge in [-0.05, 0) is 56.7 Å². The fraction of sp³-hybridized carbons (Fsp3) is 0.222. The van der Waals surface area contributed by atoms with E-state index in [0.717, 1.165) is 34.1 Å². The third-order valence-electron chi connectivity index (χ3n) is 3.91. The lowest BCUT2D eigenvalue weighted by molar-refractivity contribution is 0.415. The first-order valence-electron chi connectivity index (χ1n) is 7.38. The monoisotopic (exact) mass is 309 g/mol. The minimum Gasteiger partial charge on any atom is -0.497 e. The predicted octanol–water partition coefficient (Wildman–Crippen LogP) is 3.57. The zero-order valence-electron chi connectivity index (χ0n) is 13.7. The molecule has 0 atom stereocenters. The smallest absolute Gasteiger partial charge is 0.197 e. The van der Waals surface area contributed by atoms with Crippen molar-refractivity contribution in [1.82, 2.24) is 14.5 Å². The largest absolute Gasteiger partial charge is 0.497 e. The van der Waals surface area contributed by atoms with Crippen molar-refractivity contribution in [2.24, 2.45) is 0 Å². The topological polar surface area (TPSA) is 60.2 Å². The molecule has 0 fully saturated rings. The summed E-state index contributed by atoms with van der Waals surface area (Å²) < 4.78 is 6.91. The van der Waals surface area contributed by atoms with E-state index < -0.39 is 0 Å². The van der Waals surface area contributed by atoms with Crippen LogP contribution in [0.4, 0.5) is 0 Å². The number of benzene rings is 1. The lowest BCUT2D eigenvalue weighted by atomic mass is 10.1. The number of aromatic hydroxyl groups is 1. The van der Waals surface area contributed by atoms with Gasteiger partial charge in [0.05, 0.1) is 29.9 Å². The minimum atomic E-state index is 0.136. The summed E-state index contributed by atoms with van der Waals surface area (Å²) in [5.41, 5.74) is 4.33. The first-order chi connectivity index (χ1) is 11.0. The Labute approximate surface area is 135 Å². The van der Waals surface area contributed by atoms with E-state index in [1.807, 2.05) is 51.1 Å². The molecule has 0 amide bonds. The number of nitrogens with zero attached hydrogens (tertiary/aromatic N) is 3. The predicted molar refractivity (Wildman–Crippen MR) is 89.2 cm³/mol. The Morgan fingerprint density at radius 2 is 1.52 bits per heavy atom. The second-order valence-electron chi connectivity index (χ2n) is 5.44. The van der Waals surface area contributed by atoms with Crippen LogP contribution in [0.5, 0.6) is 11.6 Å². The third-order valence-corrected chi connectivity index (χ3v) is 3.91. The van der Waals surface area contributed by atoms with Crippen LogP contribution in [-0.4, -0.2) is 26.8 Å². The molecule has 0 spiro atoms. The Balaban J connectivity index is 2.17. The van der Waals surface area contributed by atoms with Gasteiger partial charge in [0, 0.05) is 6.07 Å². The molecule has 1 aromatic carbocycles. The fourth-order valence-corrected chi connectivity index (χ4v) is 2.55. The van der Waals surface area contributed by atoms with E-state index in [4.69, 9.17) is 4.74 Å². The highest BCUT2D eigenvalue weighted by Gasteiger charge is 2.16. The van der Waals surface area contributed by atoms with Crippen molar-refractivity contribution in [2.75, 3.05) is 7.11 Å². The van der Waals surface area contributed by atoms with Crippen LogP contribution in [-0.2, 0) is 0 Å². The number of aromatic nitrogens is 3. The SMILES string of the molecule is COc1ccc(-c2ccc(O)n2-c2nc(C)c(C)nc2C)cc1. The van der Waals surface area contributed by atoms with Gasteiger partial charge >= 0.3 is 0 Å². The zero-order valence-corrected chi connectivity index (χ0v) is 13.7. The molecule has 0 radical (unpaired) electrons. The van der Waals surface area contributed by atoms with Gasteiger partial charge in [-0.2, -0.15) is 0 Å². The van der Waals surface area contributed by atoms with Crippen molar-refractivity contribution < 1.29 is 9.84 Å². The third kappa shape index (κ3) is 2.65. The van der Waals surface area contributed by atoms with Crippen LogP contribution in [0.3, 0.4) is 0 Å². The average molecular weight is 309 g/mol. The van der Waals surface area contributed by atoms with Crippen LogP contribution in [0, 0.1) is 20.8 Å². The molecule has 0 aliphatic carbocycles. The molecule has 3 rings (SSSR count). The molecule has 2 heterocycles. The molecule has 0 aliphatic heterocycles. The first-order valence-corrected chi connectivity index (χ1v) is 7.38. The van der Waals surface area contributed by atoms with E-state index in [2.05, 4.69) is 9.97 Å². The molecule has 1 N–H and O–H groups in total. The lowest BCUT2D eigenvalue weighted by Gasteiger charge is -2.14. The second kappa shape index (κ2) is 5.76. The Kier molecular flexibility index (Phi) is 3.78. The van der Waals surface area contributed by atoms with E-state index in [9.17, 15) is 5.11 Å². The van der Waals surface area contributed by atoms with Crippen molar-refractivity contribution in [1.29, 1.82) is 0 Å². The molecule has 2 aromatic heterocycles. The fourth-order valence-electron chi connectivity index (χ4n) is 2.55. The van der Waals surface area contributed by atoms with Crippen LogP contribution in [0.2, 0.25) is 0 Å². The maximum atomic E-state index is 10.3. The molecule has 0 aliphatic rings. The molecule has 0 saturated heterocycles. The standard InChI is InChI=1S/C18H19N3O2/c1-11-12(2)20-18(13(3)19-11)21-16(9-10-17(21)22)14-5-7-15(23-4)8-6-14/h5-10,22H,1-4H3. The number of hydrogen-bond acceptors (Lipinski definition) is 4. The summed E-state index contributed by atoms with van der Waals surface area (Å²) in [7, 11) is 1.64. The van der Waals surface area contributed by atoms with E-state index in [0.29, 0.717) is 5.82 Å². The Morgan fingerprint density at radius 3 is 2.17 bits per heavy atom. The average Bonchev–Trinajstić information content (AvgIpc) is 2.92. The van der Waals surface area contributed by atoms with Gasteiger partial charge in [0.1, 0.15) is 5.75 Å². The maximum absolute atomic E-state index is 10.3. The molecule has 5 nitrogen and oxygen atoms in total. The van der Waals surface area contributed by atoms with Gasteiger partial charge in [0.25, 0.3) is 0 Å². The molecule has 0 saturated carbocycles. The van der Waals surface area contributed by atoms with E-state index in [1.54, 1.807) is 17.7 Å². The van der Waals surface area contributed by atoms with Crippen LogP contribution >= 0.6 is 0 Å². The van der Waals surface area contributed by atoms with Gasteiger partial charge in [-0.1, -0.05) is 0 Å². The molecule has 5 heteroatoms. The number of rotatable bonds is 3. The number of ether oxygens (including phenoxy) is 1. The Bertz CT molecular complexity index is 851. The van der Waals surface area contributed by atoms with Crippen LogP contribution < -0.4 is 4.74 Å². The van der Waals surface area contributed by atoms with Crippen molar-refractivity contribution >= 4 is 0 Å². The number of methoxy groups -OCH3 is 1. The van der Waals surface area contributed by atoms with Gasteiger partial charge in [0.2, 0.25) is 0 Å². The lowest BCUT2D eigenvalue weighted by Crippen LogP contribution is -2.07. The van der Waals surface area contributed by atoms with Gasteiger partial charge in [-0.3, -0.25) is 9.55 Å². The quantitative estimate of drug-likeness (QED) is 0.803. The van der Waals surface area contributed by atoms with E-state index >= 15 is 0 Å². The highest BCUT2D eigenvalue weighted by molar-refractivity contribution is 5.65. The number of hydrogen-bond donors (Lipinski definition) is 1. The van der Waals surface area contributed by atoms with Crippen LogP contribution in [0.25, 0.3) is 17.1 Å². The summed E-state index contributed by atoms with van der Waals surface area (Å²) in [5.74, 6) is 1.57. The molecular weight excluding hydrogens is 290 g/mol. The summed E-state index contributed by atoms with van der Waals surface area (Å²) in [5, 5.41) is 10.3. The highest BCUT2D eigenvalue weighted by Crippen LogP contribution is 2.31.